The summed E-state index contributed by atoms with van der Waals surface area (Å²) in [5.41, 5.74) is 2.63. The molecule has 1 fully saturated rings. The Morgan fingerprint density at radius 1 is 1.40 bits per heavy atom. The first kappa shape index (κ1) is 15.1. The number of amides is 1. The standard InChI is InChI=1S/C14H21ClN4O/c1-8-3-5-11(9(2)7-8)17-14(20)13-10(15)4-6-12(18-13)19-16/h4,6,8-9,11H,3,5,7,16H2,1-2H3,(H,17,20)(H,18,19). The molecule has 0 aliphatic heterocycles. The molecule has 0 radical (unpaired) electrons. The highest BCUT2D eigenvalue weighted by atomic mass is 35.5. The molecule has 0 bridgehead atoms. The van der Waals surface area contributed by atoms with Crippen LogP contribution in [0, 0.1) is 11.8 Å². The molecule has 1 aromatic rings. The predicted molar refractivity (Wildman–Crippen MR) is 80.5 cm³/mol. The van der Waals surface area contributed by atoms with Gasteiger partial charge < -0.3 is 10.7 Å². The van der Waals surface area contributed by atoms with E-state index in [0.29, 0.717) is 16.8 Å². The van der Waals surface area contributed by atoms with E-state index in [1.165, 1.54) is 0 Å². The van der Waals surface area contributed by atoms with Crippen molar-refractivity contribution < 1.29 is 4.79 Å². The van der Waals surface area contributed by atoms with Gasteiger partial charge in [-0.2, -0.15) is 0 Å². The molecule has 0 saturated heterocycles. The molecule has 0 aromatic carbocycles. The maximum Gasteiger partial charge on any atom is 0.271 e. The summed E-state index contributed by atoms with van der Waals surface area (Å²) < 4.78 is 0. The number of nitrogens with one attached hydrogen (secondary N) is 2. The van der Waals surface area contributed by atoms with E-state index in [9.17, 15) is 4.79 Å². The summed E-state index contributed by atoms with van der Waals surface area (Å²) >= 11 is 6.03. The summed E-state index contributed by atoms with van der Waals surface area (Å²) in [5, 5.41) is 3.37. The van der Waals surface area contributed by atoms with Crippen LogP contribution in [0.5, 0.6) is 0 Å². The van der Waals surface area contributed by atoms with Gasteiger partial charge in [-0.25, -0.2) is 10.8 Å². The Balaban J connectivity index is 2.08. The Kier molecular flexibility index (Phi) is 4.83. The van der Waals surface area contributed by atoms with E-state index in [1.807, 2.05) is 0 Å². The van der Waals surface area contributed by atoms with Gasteiger partial charge in [0.05, 0.1) is 5.02 Å². The highest BCUT2D eigenvalue weighted by Gasteiger charge is 2.27. The van der Waals surface area contributed by atoms with Crippen LogP contribution in [0.4, 0.5) is 5.82 Å². The van der Waals surface area contributed by atoms with Gasteiger partial charge in [-0.05, 0) is 43.2 Å². The third-order valence-corrected chi connectivity index (χ3v) is 4.26. The zero-order chi connectivity index (χ0) is 14.7. The zero-order valence-electron chi connectivity index (χ0n) is 11.8. The number of nitrogen functional groups attached to an aromatic ring is 1. The Bertz CT molecular complexity index is 494. The Labute approximate surface area is 124 Å². The smallest absolute Gasteiger partial charge is 0.271 e. The topological polar surface area (TPSA) is 80.0 Å². The van der Waals surface area contributed by atoms with Crippen molar-refractivity contribution in [3.63, 3.8) is 0 Å². The molecule has 1 heterocycles. The van der Waals surface area contributed by atoms with Gasteiger partial charge in [0.15, 0.2) is 0 Å². The first-order valence-electron chi connectivity index (χ1n) is 6.95. The normalized spacial score (nSPS) is 26.1. The summed E-state index contributed by atoms with van der Waals surface area (Å²) in [6, 6.07) is 3.43. The maximum absolute atomic E-state index is 12.3. The highest BCUT2D eigenvalue weighted by molar-refractivity contribution is 6.33. The number of aromatic nitrogens is 1. The number of nitrogens with two attached hydrogens (primary N) is 1. The number of carbonyl (C=O) groups is 1. The van der Waals surface area contributed by atoms with Crippen LogP contribution < -0.4 is 16.6 Å². The number of hydrogen-bond acceptors (Lipinski definition) is 4. The third-order valence-electron chi connectivity index (χ3n) is 3.96. The van der Waals surface area contributed by atoms with Gasteiger partial charge in [-0.1, -0.05) is 25.4 Å². The van der Waals surface area contributed by atoms with Gasteiger partial charge in [0.2, 0.25) is 0 Å². The van der Waals surface area contributed by atoms with E-state index in [-0.39, 0.29) is 17.6 Å². The molecule has 1 aliphatic carbocycles. The summed E-state index contributed by atoms with van der Waals surface area (Å²) in [4.78, 5) is 16.4. The van der Waals surface area contributed by atoms with Crippen LogP contribution in [-0.2, 0) is 0 Å². The Morgan fingerprint density at radius 2 is 2.15 bits per heavy atom. The Morgan fingerprint density at radius 3 is 2.80 bits per heavy atom. The first-order chi connectivity index (χ1) is 9.51. The van der Waals surface area contributed by atoms with E-state index in [2.05, 4.69) is 29.6 Å². The van der Waals surface area contributed by atoms with Gasteiger partial charge in [0.1, 0.15) is 11.5 Å². The molecule has 1 saturated carbocycles. The molecule has 6 heteroatoms. The molecule has 1 amide bonds. The van der Waals surface area contributed by atoms with Crippen molar-refractivity contribution in [1.82, 2.24) is 10.3 Å². The van der Waals surface area contributed by atoms with Crippen molar-refractivity contribution in [2.45, 2.75) is 39.2 Å². The molecular weight excluding hydrogens is 276 g/mol. The van der Waals surface area contributed by atoms with Gasteiger partial charge in [0.25, 0.3) is 5.91 Å². The van der Waals surface area contributed by atoms with E-state index >= 15 is 0 Å². The molecule has 0 spiro atoms. The number of halogens is 1. The summed E-state index contributed by atoms with van der Waals surface area (Å²) in [5.74, 6) is 6.68. The van der Waals surface area contributed by atoms with Crippen molar-refractivity contribution in [2.24, 2.45) is 17.7 Å². The molecule has 1 aromatic heterocycles. The SMILES string of the molecule is CC1CCC(NC(=O)c2nc(NN)ccc2Cl)C(C)C1. The minimum absolute atomic E-state index is 0.186. The molecule has 110 valence electrons. The van der Waals surface area contributed by atoms with E-state index in [4.69, 9.17) is 17.4 Å². The second-order valence-corrected chi connectivity index (χ2v) is 6.05. The first-order valence-corrected chi connectivity index (χ1v) is 7.33. The summed E-state index contributed by atoms with van der Waals surface area (Å²) in [6.45, 7) is 4.43. The molecule has 3 atom stereocenters. The van der Waals surface area contributed by atoms with Crippen LogP contribution in [0.25, 0.3) is 0 Å². The number of hydrazine groups is 1. The number of rotatable bonds is 3. The molecule has 1 aliphatic rings. The van der Waals surface area contributed by atoms with Crippen molar-refractivity contribution in [3.05, 3.63) is 22.8 Å². The fourth-order valence-corrected chi connectivity index (χ4v) is 2.99. The zero-order valence-corrected chi connectivity index (χ0v) is 12.6. The van der Waals surface area contributed by atoms with Crippen LogP contribution in [0.1, 0.15) is 43.6 Å². The number of nitrogens with zero attached hydrogens (tertiary/aromatic N) is 1. The lowest BCUT2D eigenvalue weighted by atomic mass is 9.80. The van der Waals surface area contributed by atoms with Crippen LogP contribution in [0.3, 0.4) is 0 Å². The minimum Gasteiger partial charge on any atom is -0.348 e. The lowest BCUT2D eigenvalue weighted by Crippen LogP contribution is -2.42. The average Bonchev–Trinajstić information content (AvgIpc) is 2.42. The molecule has 3 unspecified atom stereocenters. The second-order valence-electron chi connectivity index (χ2n) is 5.65. The van der Waals surface area contributed by atoms with Gasteiger partial charge in [-0.15, -0.1) is 0 Å². The largest absolute Gasteiger partial charge is 0.348 e. The molecular formula is C14H21ClN4O. The predicted octanol–water partition coefficient (Wildman–Crippen LogP) is 2.58. The van der Waals surface area contributed by atoms with Crippen molar-refractivity contribution >= 4 is 23.3 Å². The third kappa shape index (κ3) is 3.41. The number of pyridine rings is 1. The number of hydrogen-bond donors (Lipinski definition) is 3. The fourth-order valence-electron chi connectivity index (χ4n) is 2.80. The fraction of sp³-hybridized carbons (Fsp3) is 0.571. The monoisotopic (exact) mass is 296 g/mol. The average molecular weight is 297 g/mol. The summed E-state index contributed by atoms with van der Waals surface area (Å²) in [6.07, 6.45) is 3.28. The van der Waals surface area contributed by atoms with Gasteiger partial charge in [0, 0.05) is 6.04 Å². The van der Waals surface area contributed by atoms with E-state index in [0.717, 1.165) is 25.2 Å². The molecule has 5 nitrogen and oxygen atoms in total. The molecule has 20 heavy (non-hydrogen) atoms. The van der Waals surface area contributed by atoms with Gasteiger partial charge >= 0.3 is 0 Å². The summed E-state index contributed by atoms with van der Waals surface area (Å²) in [7, 11) is 0. The second kappa shape index (κ2) is 6.41. The van der Waals surface area contributed by atoms with E-state index in [1.54, 1.807) is 12.1 Å². The molecule has 4 N–H and O–H groups in total. The van der Waals surface area contributed by atoms with E-state index < -0.39 is 0 Å². The number of carbonyl (C=O) groups excluding carboxylic acids is 1. The minimum atomic E-state index is -0.237. The van der Waals surface area contributed by atoms with Crippen LogP contribution in [0.2, 0.25) is 5.02 Å². The Hall–Kier alpha value is -1.33. The maximum atomic E-state index is 12.3. The number of anilines is 1. The van der Waals surface area contributed by atoms with Crippen LogP contribution >= 0.6 is 11.6 Å². The van der Waals surface area contributed by atoms with Crippen molar-refractivity contribution in [3.8, 4) is 0 Å². The van der Waals surface area contributed by atoms with Crippen LogP contribution in [-0.4, -0.2) is 16.9 Å². The lowest BCUT2D eigenvalue weighted by Gasteiger charge is -2.33. The van der Waals surface area contributed by atoms with Crippen LogP contribution in [0.15, 0.2) is 12.1 Å². The van der Waals surface area contributed by atoms with Gasteiger partial charge in [-0.3, -0.25) is 4.79 Å². The van der Waals surface area contributed by atoms with Crippen molar-refractivity contribution in [1.29, 1.82) is 0 Å². The lowest BCUT2D eigenvalue weighted by molar-refractivity contribution is 0.0895. The highest BCUT2D eigenvalue weighted by Crippen LogP contribution is 2.29. The van der Waals surface area contributed by atoms with Crippen molar-refractivity contribution in [2.75, 3.05) is 5.43 Å². The molecule has 2 rings (SSSR count). The quantitative estimate of drug-likeness (QED) is 0.591.